The summed E-state index contributed by atoms with van der Waals surface area (Å²) >= 11 is 0. The Morgan fingerprint density at radius 2 is 1.90 bits per heavy atom. The summed E-state index contributed by atoms with van der Waals surface area (Å²) < 4.78 is 0. The molecule has 0 unspecified atom stereocenters. The van der Waals surface area contributed by atoms with E-state index >= 15 is 0 Å². The number of rotatable bonds is 4. The molecule has 2 amide bonds. The molecular weight excluding hydrogens is 374 g/mol. The third-order valence-corrected chi connectivity index (χ3v) is 5.46. The Labute approximate surface area is 177 Å². The van der Waals surface area contributed by atoms with E-state index in [1.54, 1.807) is 28.1 Å². The van der Waals surface area contributed by atoms with Crippen molar-refractivity contribution < 1.29 is 9.59 Å². The molecule has 0 bridgehead atoms. The van der Waals surface area contributed by atoms with Gasteiger partial charge < -0.3 is 9.80 Å². The van der Waals surface area contributed by atoms with Crippen LogP contribution in [0.4, 0.5) is 11.4 Å². The first-order chi connectivity index (χ1) is 14.6. The number of carbonyl (C=O) groups excluding carboxylic acids is 2. The number of amides is 2. The van der Waals surface area contributed by atoms with Gasteiger partial charge in [0, 0.05) is 36.2 Å². The lowest BCUT2D eigenvalue weighted by Crippen LogP contribution is -2.36. The number of benzene rings is 2. The summed E-state index contributed by atoms with van der Waals surface area (Å²) in [4.78, 5) is 34.2. The van der Waals surface area contributed by atoms with Crippen molar-refractivity contribution in [2.75, 3.05) is 22.9 Å². The van der Waals surface area contributed by atoms with Gasteiger partial charge in [-0.25, -0.2) is 0 Å². The molecule has 0 radical (unpaired) electrons. The normalized spacial score (nSPS) is 12.9. The highest BCUT2D eigenvalue weighted by Gasteiger charge is 2.25. The minimum Gasteiger partial charge on any atom is -0.308 e. The lowest BCUT2D eigenvalue weighted by atomic mass is 10.0. The van der Waals surface area contributed by atoms with E-state index in [1.807, 2.05) is 56.3 Å². The number of anilines is 2. The maximum atomic E-state index is 13.3. The van der Waals surface area contributed by atoms with Crippen molar-refractivity contribution >= 4 is 23.2 Å². The van der Waals surface area contributed by atoms with Gasteiger partial charge in [0.05, 0.1) is 0 Å². The molecule has 5 heteroatoms. The lowest BCUT2D eigenvalue weighted by molar-refractivity contribution is 0.0983. The molecule has 0 saturated carbocycles. The number of aryl methyl sites for hydroxylation is 2. The molecule has 2 heterocycles. The van der Waals surface area contributed by atoms with Gasteiger partial charge >= 0.3 is 0 Å². The smallest absolute Gasteiger partial charge is 0.276 e. The summed E-state index contributed by atoms with van der Waals surface area (Å²) in [6.07, 6.45) is 3.44. The second-order valence-electron chi connectivity index (χ2n) is 7.51. The first kappa shape index (κ1) is 19.8. The molecule has 0 fully saturated rings. The van der Waals surface area contributed by atoms with Gasteiger partial charge in [-0.1, -0.05) is 30.3 Å². The highest BCUT2D eigenvalue weighted by Crippen LogP contribution is 2.28. The number of nitrogens with zero attached hydrogens (tertiary/aromatic N) is 3. The Morgan fingerprint density at radius 3 is 2.70 bits per heavy atom. The van der Waals surface area contributed by atoms with Gasteiger partial charge in [0.15, 0.2) is 0 Å². The quantitative estimate of drug-likeness (QED) is 0.642. The van der Waals surface area contributed by atoms with Gasteiger partial charge in [-0.15, -0.1) is 0 Å². The molecule has 5 nitrogen and oxygen atoms in total. The highest BCUT2D eigenvalue weighted by atomic mass is 16.2. The van der Waals surface area contributed by atoms with Gasteiger partial charge in [0.1, 0.15) is 5.69 Å². The van der Waals surface area contributed by atoms with Crippen LogP contribution in [-0.2, 0) is 6.42 Å². The largest absolute Gasteiger partial charge is 0.308 e. The maximum absolute atomic E-state index is 13.3. The van der Waals surface area contributed by atoms with E-state index in [0.717, 1.165) is 29.8 Å². The summed E-state index contributed by atoms with van der Waals surface area (Å²) in [5.74, 6) is -0.311. The van der Waals surface area contributed by atoms with E-state index in [-0.39, 0.29) is 17.5 Å². The zero-order valence-electron chi connectivity index (χ0n) is 17.3. The molecule has 0 aliphatic carbocycles. The van der Waals surface area contributed by atoms with Crippen LogP contribution in [0.25, 0.3) is 0 Å². The van der Waals surface area contributed by atoms with Crippen molar-refractivity contribution in [1.29, 1.82) is 0 Å². The minimum atomic E-state index is -0.211. The summed E-state index contributed by atoms with van der Waals surface area (Å²) in [6.45, 7) is 5.11. The van der Waals surface area contributed by atoms with Crippen LogP contribution in [0.15, 0.2) is 66.9 Å². The van der Waals surface area contributed by atoms with Gasteiger partial charge in [-0.3, -0.25) is 14.6 Å². The van der Waals surface area contributed by atoms with Crippen molar-refractivity contribution in [2.45, 2.75) is 26.7 Å². The molecule has 30 heavy (non-hydrogen) atoms. The van der Waals surface area contributed by atoms with Crippen molar-refractivity contribution in [3.63, 3.8) is 0 Å². The van der Waals surface area contributed by atoms with Crippen molar-refractivity contribution in [2.24, 2.45) is 0 Å². The molecule has 1 aromatic heterocycles. The zero-order valence-corrected chi connectivity index (χ0v) is 17.3. The third kappa shape index (κ3) is 3.83. The second kappa shape index (κ2) is 8.49. The molecule has 0 saturated heterocycles. The molecule has 0 atom stereocenters. The van der Waals surface area contributed by atoms with E-state index in [0.29, 0.717) is 18.7 Å². The predicted molar refractivity (Wildman–Crippen MR) is 119 cm³/mol. The Hall–Kier alpha value is -3.47. The highest BCUT2D eigenvalue weighted by molar-refractivity contribution is 6.09. The molecule has 0 spiro atoms. The molecule has 2 aromatic carbocycles. The van der Waals surface area contributed by atoms with Crippen molar-refractivity contribution in [1.82, 2.24) is 4.98 Å². The van der Waals surface area contributed by atoms with Gasteiger partial charge in [-0.2, -0.15) is 0 Å². The zero-order chi connectivity index (χ0) is 21.1. The van der Waals surface area contributed by atoms with E-state index in [2.05, 4.69) is 11.1 Å². The van der Waals surface area contributed by atoms with Gasteiger partial charge in [0.25, 0.3) is 11.8 Å². The number of aromatic nitrogens is 1. The van der Waals surface area contributed by atoms with Gasteiger partial charge in [0.2, 0.25) is 0 Å². The number of carbonyl (C=O) groups is 2. The summed E-state index contributed by atoms with van der Waals surface area (Å²) in [5, 5.41) is 0. The van der Waals surface area contributed by atoms with E-state index in [4.69, 9.17) is 0 Å². The van der Waals surface area contributed by atoms with Crippen LogP contribution in [0, 0.1) is 6.92 Å². The minimum absolute atomic E-state index is 0.0998. The van der Waals surface area contributed by atoms with Crippen LogP contribution < -0.4 is 9.80 Å². The van der Waals surface area contributed by atoms with Crippen LogP contribution in [0.2, 0.25) is 0 Å². The fourth-order valence-corrected chi connectivity index (χ4v) is 3.96. The number of hydrogen-bond donors (Lipinski definition) is 0. The summed E-state index contributed by atoms with van der Waals surface area (Å²) in [5.41, 5.74) is 4.79. The number of hydrogen-bond acceptors (Lipinski definition) is 3. The monoisotopic (exact) mass is 399 g/mol. The van der Waals surface area contributed by atoms with Crippen molar-refractivity contribution in [3.8, 4) is 0 Å². The maximum Gasteiger partial charge on any atom is 0.276 e. The van der Waals surface area contributed by atoms with Gasteiger partial charge in [-0.05, 0) is 68.1 Å². The SMILES string of the molecule is CCN(C(=O)c1cc(C(=O)N2CCCc3ccccc32)ccn1)c1cccc(C)c1. The summed E-state index contributed by atoms with van der Waals surface area (Å²) in [6, 6.07) is 19.1. The molecule has 1 aliphatic heterocycles. The fraction of sp³-hybridized carbons (Fsp3) is 0.240. The standard InChI is InChI=1S/C25H25N3O2/c1-3-27(21-11-6-8-18(2)16-21)25(30)22-17-20(13-14-26-22)24(29)28-15-7-10-19-9-4-5-12-23(19)28/h4-6,8-9,11-14,16-17H,3,7,10,15H2,1-2H3. The average Bonchev–Trinajstić information content (AvgIpc) is 2.79. The third-order valence-electron chi connectivity index (χ3n) is 5.46. The summed E-state index contributed by atoms with van der Waals surface area (Å²) in [7, 11) is 0. The number of para-hydroxylation sites is 1. The first-order valence-corrected chi connectivity index (χ1v) is 10.3. The average molecular weight is 399 g/mol. The van der Waals surface area contributed by atoms with Crippen LogP contribution in [0.5, 0.6) is 0 Å². The lowest BCUT2D eigenvalue weighted by Gasteiger charge is -2.29. The second-order valence-corrected chi connectivity index (χ2v) is 7.51. The molecule has 4 rings (SSSR count). The van der Waals surface area contributed by atoms with Crippen LogP contribution in [0.1, 0.15) is 45.3 Å². The molecular formula is C25H25N3O2. The Kier molecular flexibility index (Phi) is 5.61. The predicted octanol–water partition coefficient (Wildman–Crippen LogP) is 4.65. The number of pyridine rings is 1. The Balaban J connectivity index is 1.63. The topological polar surface area (TPSA) is 53.5 Å². The van der Waals surface area contributed by atoms with E-state index < -0.39 is 0 Å². The van der Waals surface area contributed by atoms with E-state index in [1.165, 1.54) is 5.56 Å². The van der Waals surface area contributed by atoms with Crippen LogP contribution >= 0.6 is 0 Å². The molecule has 1 aliphatic rings. The van der Waals surface area contributed by atoms with Crippen LogP contribution in [-0.4, -0.2) is 29.9 Å². The fourth-order valence-electron chi connectivity index (χ4n) is 3.96. The van der Waals surface area contributed by atoms with Crippen LogP contribution in [0.3, 0.4) is 0 Å². The van der Waals surface area contributed by atoms with E-state index in [9.17, 15) is 9.59 Å². The first-order valence-electron chi connectivity index (χ1n) is 10.3. The van der Waals surface area contributed by atoms with Crippen molar-refractivity contribution in [3.05, 3.63) is 89.2 Å². The Bertz CT molecular complexity index is 1090. The molecule has 3 aromatic rings. The molecule has 152 valence electrons. The molecule has 0 N–H and O–H groups in total. The Morgan fingerprint density at radius 1 is 1.07 bits per heavy atom. The number of fused-ring (bicyclic) bond motifs is 1.